The molecule has 1 aromatic rings. The van der Waals surface area contributed by atoms with Gasteiger partial charge in [0.05, 0.1) is 26.8 Å². The summed E-state index contributed by atoms with van der Waals surface area (Å²) in [6.07, 6.45) is 0.812. The molecule has 1 unspecified atom stereocenters. The summed E-state index contributed by atoms with van der Waals surface area (Å²) in [5.41, 5.74) is 6.50. The summed E-state index contributed by atoms with van der Waals surface area (Å²) in [6, 6.07) is 6.09. The van der Waals surface area contributed by atoms with Crippen molar-refractivity contribution in [3.63, 3.8) is 0 Å². The second kappa shape index (κ2) is 7.63. The SMILES string of the molecule is Br.COc1cc2c(cc1OC)C(C#N)(CNC(N)=S)NCC2. The van der Waals surface area contributed by atoms with Gasteiger partial charge in [-0.1, -0.05) is 0 Å². The summed E-state index contributed by atoms with van der Waals surface area (Å²) in [5.74, 6) is 1.25. The topological polar surface area (TPSA) is 92.3 Å². The van der Waals surface area contributed by atoms with Crippen molar-refractivity contribution in [2.75, 3.05) is 27.3 Å². The number of fused-ring (bicyclic) bond motifs is 1. The van der Waals surface area contributed by atoms with Crippen molar-refractivity contribution < 1.29 is 9.47 Å². The van der Waals surface area contributed by atoms with Gasteiger partial charge in [0.2, 0.25) is 0 Å². The molecule has 120 valence electrons. The second-order valence-electron chi connectivity index (χ2n) is 4.78. The highest BCUT2D eigenvalue weighted by Gasteiger charge is 2.37. The number of thiocarbonyl (C=S) groups is 1. The highest BCUT2D eigenvalue weighted by Crippen LogP contribution is 2.37. The molecule has 8 heteroatoms. The van der Waals surface area contributed by atoms with Crippen molar-refractivity contribution in [1.82, 2.24) is 10.6 Å². The van der Waals surface area contributed by atoms with Crippen molar-refractivity contribution in [3.8, 4) is 17.6 Å². The van der Waals surface area contributed by atoms with Gasteiger partial charge in [-0.15, -0.1) is 17.0 Å². The molecule has 1 heterocycles. The van der Waals surface area contributed by atoms with Crippen LogP contribution in [0.15, 0.2) is 12.1 Å². The molecule has 0 fully saturated rings. The van der Waals surface area contributed by atoms with Crippen LogP contribution in [0, 0.1) is 11.3 Å². The molecule has 0 spiro atoms. The second-order valence-corrected chi connectivity index (χ2v) is 5.22. The lowest BCUT2D eigenvalue weighted by Gasteiger charge is -2.35. The van der Waals surface area contributed by atoms with E-state index in [1.807, 2.05) is 12.1 Å². The quantitative estimate of drug-likeness (QED) is 0.664. The number of methoxy groups -OCH3 is 2. The molecule has 0 amide bonds. The summed E-state index contributed by atoms with van der Waals surface area (Å²) in [5, 5.41) is 16.0. The van der Waals surface area contributed by atoms with Gasteiger partial charge in [0.1, 0.15) is 5.54 Å². The first-order chi connectivity index (χ1) is 10.1. The standard InChI is InChI=1S/C14H18N4O2S.BrH/c1-19-11-5-9-3-4-18-14(7-15,8-17-13(16)21)10(9)6-12(11)20-2;/h5-6,18H,3-4,8H2,1-2H3,(H3,16,17,21);1H. The van der Waals surface area contributed by atoms with Crippen molar-refractivity contribution in [2.24, 2.45) is 5.73 Å². The number of ether oxygens (including phenoxy) is 2. The molecule has 22 heavy (non-hydrogen) atoms. The Labute approximate surface area is 145 Å². The van der Waals surface area contributed by atoms with Gasteiger partial charge in [-0.25, -0.2) is 0 Å². The fourth-order valence-electron chi connectivity index (χ4n) is 2.55. The van der Waals surface area contributed by atoms with Gasteiger partial charge in [0, 0.05) is 6.54 Å². The van der Waals surface area contributed by atoms with Crippen LogP contribution in [0.4, 0.5) is 0 Å². The van der Waals surface area contributed by atoms with Crippen LogP contribution in [0.5, 0.6) is 11.5 Å². The molecule has 2 rings (SSSR count). The maximum Gasteiger partial charge on any atom is 0.163 e. The third-order valence-electron chi connectivity index (χ3n) is 3.61. The minimum atomic E-state index is -0.892. The summed E-state index contributed by atoms with van der Waals surface area (Å²) in [6.45, 7) is 0.983. The van der Waals surface area contributed by atoms with Gasteiger partial charge >= 0.3 is 0 Å². The number of halogens is 1. The van der Waals surface area contributed by atoms with E-state index in [9.17, 15) is 5.26 Å². The van der Waals surface area contributed by atoms with Crippen LogP contribution in [-0.2, 0) is 12.0 Å². The van der Waals surface area contributed by atoms with Crippen LogP contribution in [0.2, 0.25) is 0 Å². The van der Waals surface area contributed by atoms with Crippen LogP contribution < -0.4 is 25.8 Å². The van der Waals surface area contributed by atoms with Gasteiger partial charge in [-0.3, -0.25) is 5.32 Å². The van der Waals surface area contributed by atoms with E-state index in [0.717, 1.165) is 17.5 Å². The first-order valence-corrected chi connectivity index (χ1v) is 6.92. The van der Waals surface area contributed by atoms with Gasteiger partial charge in [-0.2, -0.15) is 5.26 Å². The lowest BCUT2D eigenvalue weighted by molar-refractivity contribution is 0.347. The summed E-state index contributed by atoms with van der Waals surface area (Å²) in [4.78, 5) is 0. The number of nitrogens with zero attached hydrogens (tertiary/aromatic N) is 1. The molecular formula is C14H19BrN4O2S. The monoisotopic (exact) mass is 386 g/mol. The van der Waals surface area contributed by atoms with Gasteiger partial charge < -0.3 is 20.5 Å². The Kier molecular flexibility index (Phi) is 6.41. The molecule has 0 saturated heterocycles. The van der Waals surface area contributed by atoms with Crippen LogP contribution >= 0.6 is 29.2 Å². The molecule has 1 aliphatic heterocycles. The molecule has 1 aliphatic rings. The van der Waals surface area contributed by atoms with Gasteiger partial charge in [-0.05, 0) is 41.9 Å². The zero-order valence-electron chi connectivity index (χ0n) is 12.4. The van der Waals surface area contributed by atoms with Crippen molar-refractivity contribution in [1.29, 1.82) is 5.26 Å². The van der Waals surface area contributed by atoms with E-state index in [0.29, 0.717) is 24.6 Å². The van der Waals surface area contributed by atoms with Crippen molar-refractivity contribution >= 4 is 34.3 Å². The molecule has 0 radical (unpaired) electrons. The Morgan fingerprint density at radius 3 is 2.64 bits per heavy atom. The van der Waals surface area contributed by atoms with Crippen LogP contribution in [0.3, 0.4) is 0 Å². The molecule has 0 bridgehead atoms. The third kappa shape index (κ3) is 3.43. The number of nitriles is 1. The Hall–Kier alpha value is -1.56. The average Bonchev–Trinajstić information content (AvgIpc) is 2.51. The van der Waals surface area contributed by atoms with E-state index in [-0.39, 0.29) is 22.1 Å². The highest BCUT2D eigenvalue weighted by molar-refractivity contribution is 8.93. The zero-order valence-corrected chi connectivity index (χ0v) is 15.0. The number of benzene rings is 1. The average molecular weight is 387 g/mol. The molecule has 6 nitrogen and oxygen atoms in total. The van der Waals surface area contributed by atoms with E-state index in [1.54, 1.807) is 14.2 Å². The Morgan fingerprint density at radius 2 is 2.09 bits per heavy atom. The van der Waals surface area contributed by atoms with E-state index < -0.39 is 5.54 Å². The maximum atomic E-state index is 9.68. The van der Waals surface area contributed by atoms with Gasteiger partial charge in [0.15, 0.2) is 16.6 Å². The summed E-state index contributed by atoms with van der Waals surface area (Å²) >= 11 is 4.83. The number of hydrogen-bond donors (Lipinski definition) is 3. The van der Waals surface area contributed by atoms with Crippen molar-refractivity contribution in [3.05, 3.63) is 23.3 Å². The Bertz CT molecular complexity index is 605. The van der Waals surface area contributed by atoms with Gasteiger partial charge in [0.25, 0.3) is 0 Å². The highest BCUT2D eigenvalue weighted by atomic mass is 79.9. The summed E-state index contributed by atoms with van der Waals surface area (Å²) < 4.78 is 10.7. The van der Waals surface area contributed by atoms with E-state index in [2.05, 4.69) is 16.7 Å². The third-order valence-corrected chi connectivity index (χ3v) is 3.75. The minimum absolute atomic E-state index is 0. The van der Waals surface area contributed by atoms with Crippen LogP contribution in [0.25, 0.3) is 0 Å². The minimum Gasteiger partial charge on any atom is -0.493 e. The normalized spacial score (nSPS) is 19.1. The van der Waals surface area contributed by atoms with E-state index in [1.165, 1.54) is 0 Å². The van der Waals surface area contributed by atoms with Crippen LogP contribution in [-0.4, -0.2) is 32.4 Å². The first-order valence-electron chi connectivity index (χ1n) is 6.51. The molecule has 0 aliphatic carbocycles. The molecular weight excluding hydrogens is 368 g/mol. The Morgan fingerprint density at radius 1 is 1.45 bits per heavy atom. The molecule has 4 N–H and O–H groups in total. The lowest BCUT2D eigenvalue weighted by Crippen LogP contribution is -2.54. The number of nitrogens with two attached hydrogens (primary N) is 1. The predicted molar refractivity (Wildman–Crippen MR) is 93.7 cm³/mol. The fourth-order valence-corrected chi connectivity index (χ4v) is 2.62. The smallest absolute Gasteiger partial charge is 0.163 e. The van der Waals surface area contributed by atoms with E-state index in [4.69, 9.17) is 27.4 Å². The number of rotatable bonds is 4. The lowest BCUT2D eigenvalue weighted by atomic mass is 9.83. The summed E-state index contributed by atoms with van der Waals surface area (Å²) in [7, 11) is 3.17. The largest absolute Gasteiger partial charge is 0.493 e. The number of nitrogens with one attached hydrogen (secondary N) is 2. The predicted octanol–water partition coefficient (Wildman–Crippen LogP) is 0.979. The zero-order chi connectivity index (χ0) is 15.5. The molecule has 1 aromatic carbocycles. The molecule has 1 atom stereocenters. The van der Waals surface area contributed by atoms with Crippen LogP contribution in [0.1, 0.15) is 11.1 Å². The van der Waals surface area contributed by atoms with Crippen molar-refractivity contribution in [2.45, 2.75) is 12.0 Å². The fraction of sp³-hybridized carbons (Fsp3) is 0.429. The Balaban J connectivity index is 0.00000242. The number of hydrogen-bond acceptors (Lipinski definition) is 5. The maximum absolute atomic E-state index is 9.68. The molecule has 0 saturated carbocycles. The first kappa shape index (κ1) is 18.5. The van der Waals surface area contributed by atoms with E-state index >= 15 is 0 Å². The molecule has 0 aromatic heterocycles.